The SMILES string of the molecule is CCN1C(=O)C[C@H](CN)[C@H]1c1nccn1C. The van der Waals surface area contributed by atoms with Crippen molar-refractivity contribution in [2.45, 2.75) is 19.4 Å². The van der Waals surface area contributed by atoms with Crippen molar-refractivity contribution in [2.75, 3.05) is 13.1 Å². The van der Waals surface area contributed by atoms with Crippen LogP contribution in [0.2, 0.25) is 0 Å². The predicted molar refractivity (Wildman–Crippen MR) is 60.5 cm³/mol. The van der Waals surface area contributed by atoms with Crippen LogP contribution in [0.25, 0.3) is 0 Å². The summed E-state index contributed by atoms with van der Waals surface area (Å²) >= 11 is 0. The smallest absolute Gasteiger partial charge is 0.223 e. The average molecular weight is 222 g/mol. The van der Waals surface area contributed by atoms with E-state index in [1.807, 2.05) is 29.6 Å². The first-order chi connectivity index (χ1) is 7.69. The van der Waals surface area contributed by atoms with Crippen LogP contribution in [0.3, 0.4) is 0 Å². The summed E-state index contributed by atoms with van der Waals surface area (Å²) in [4.78, 5) is 18.0. The molecule has 1 aromatic heterocycles. The standard InChI is InChI=1S/C11H18N4O/c1-3-15-9(16)6-8(7-12)10(15)11-13-4-5-14(11)2/h4-5,8,10H,3,6-7,12H2,1-2H3/t8-,10+/m1/s1. The molecule has 16 heavy (non-hydrogen) atoms. The highest BCUT2D eigenvalue weighted by atomic mass is 16.2. The van der Waals surface area contributed by atoms with Gasteiger partial charge in [0, 0.05) is 38.3 Å². The quantitative estimate of drug-likeness (QED) is 0.799. The van der Waals surface area contributed by atoms with E-state index < -0.39 is 0 Å². The maximum absolute atomic E-state index is 11.8. The Bertz CT molecular complexity index is 387. The summed E-state index contributed by atoms with van der Waals surface area (Å²) in [5, 5.41) is 0. The Kier molecular flexibility index (Phi) is 2.96. The number of hydrogen-bond donors (Lipinski definition) is 1. The van der Waals surface area contributed by atoms with Gasteiger partial charge in [-0.3, -0.25) is 4.79 Å². The van der Waals surface area contributed by atoms with Crippen LogP contribution in [-0.2, 0) is 11.8 Å². The maximum Gasteiger partial charge on any atom is 0.223 e. The zero-order chi connectivity index (χ0) is 11.7. The number of likely N-dealkylation sites (tertiary alicyclic amines) is 1. The molecule has 1 aromatic rings. The fourth-order valence-corrected chi connectivity index (χ4v) is 2.46. The van der Waals surface area contributed by atoms with Crippen LogP contribution in [0.15, 0.2) is 12.4 Å². The molecule has 1 fully saturated rings. The monoisotopic (exact) mass is 222 g/mol. The Morgan fingerprint density at radius 1 is 1.62 bits per heavy atom. The fourth-order valence-electron chi connectivity index (χ4n) is 2.46. The molecular formula is C11H18N4O. The van der Waals surface area contributed by atoms with E-state index in [1.165, 1.54) is 0 Å². The minimum atomic E-state index is 0.0440. The van der Waals surface area contributed by atoms with E-state index in [2.05, 4.69) is 4.98 Å². The number of rotatable bonds is 3. The van der Waals surface area contributed by atoms with Crippen molar-refractivity contribution in [3.05, 3.63) is 18.2 Å². The Labute approximate surface area is 95.2 Å². The molecule has 0 radical (unpaired) electrons. The zero-order valence-corrected chi connectivity index (χ0v) is 9.76. The summed E-state index contributed by atoms with van der Waals surface area (Å²) in [5.74, 6) is 1.31. The number of carbonyl (C=O) groups is 1. The number of aryl methyl sites for hydroxylation is 1. The second-order valence-corrected chi connectivity index (χ2v) is 4.22. The van der Waals surface area contributed by atoms with Crippen LogP contribution in [-0.4, -0.2) is 33.4 Å². The van der Waals surface area contributed by atoms with Crippen molar-refractivity contribution < 1.29 is 4.79 Å². The number of nitrogens with zero attached hydrogens (tertiary/aromatic N) is 3. The lowest BCUT2D eigenvalue weighted by Crippen LogP contribution is -2.32. The van der Waals surface area contributed by atoms with Gasteiger partial charge in [0.1, 0.15) is 5.82 Å². The molecule has 0 saturated carbocycles. The summed E-state index contributed by atoms with van der Waals surface area (Å²) in [6.45, 7) is 3.24. The van der Waals surface area contributed by atoms with Crippen molar-refractivity contribution in [1.29, 1.82) is 0 Å². The van der Waals surface area contributed by atoms with Crippen molar-refractivity contribution in [3.63, 3.8) is 0 Å². The van der Waals surface area contributed by atoms with E-state index in [1.54, 1.807) is 6.20 Å². The minimum Gasteiger partial charge on any atom is -0.336 e. The van der Waals surface area contributed by atoms with Crippen LogP contribution in [0.5, 0.6) is 0 Å². The maximum atomic E-state index is 11.8. The Balaban J connectivity index is 2.35. The second kappa shape index (κ2) is 4.25. The molecule has 1 aliphatic rings. The molecule has 0 bridgehead atoms. The van der Waals surface area contributed by atoms with Crippen LogP contribution in [0.1, 0.15) is 25.2 Å². The lowest BCUT2D eigenvalue weighted by Gasteiger charge is -2.26. The van der Waals surface area contributed by atoms with E-state index in [-0.39, 0.29) is 17.9 Å². The number of amides is 1. The van der Waals surface area contributed by atoms with E-state index in [4.69, 9.17) is 5.73 Å². The Morgan fingerprint density at radius 2 is 2.38 bits per heavy atom. The first-order valence-corrected chi connectivity index (χ1v) is 5.65. The van der Waals surface area contributed by atoms with Gasteiger partial charge in [0.25, 0.3) is 0 Å². The number of aromatic nitrogens is 2. The van der Waals surface area contributed by atoms with Gasteiger partial charge in [-0.1, -0.05) is 0 Å². The highest BCUT2D eigenvalue weighted by Crippen LogP contribution is 2.36. The molecule has 0 unspecified atom stereocenters. The van der Waals surface area contributed by atoms with Crippen LogP contribution in [0, 0.1) is 5.92 Å². The molecule has 2 rings (SSSR count). The molecule has 1 saturated heterocycles. The number of imidazole rings is 1. The van der Waals surface area contributed by atoms with Gasteiger partial charge >= 0.3 is 0 Å². The van der Waals surface area contributed by atoms with Crippen molar-refractivity contribution in [1.82, 2.24) is 14.5 Å². The summed E-state index contributed by atoms with van der Waals surface area (Å²) in [6.07, 6.45) is 4.21. The molecule has 1 aliphatic heterocycles. The normalized spacial score (nSPS) is 25.4. The highest BCUT2D eigenvalue weighted by Gasteiger charge is 2.40. The van der Waals surface area contributed by atoms with Gasteiger partial charge in [0.2, 0.25) is 5.91 Å². The third-order valence-electron chi connectivity index (χ3n) is 3.31. The van der Waals surface area contributed by atoms with E-state index >= 15 is 0 Å². The van der Waals surface area contributed by atoms with E-state index in [9.17, 15) is 4.79 Å². The van der Waals surface area contributed by atoms with E-state index in [0.717, 1.165) is 5.82 Å². The summed E-state index contributed by atoms with van der Waals surface area (Å²) in [5.41, 5.74) is 5.74. The van der Waals surface area contributed by atoms with Crippen molar-refractivity contribution in [2.24, 2.45) is 18.7 Å². The lowest BCUT2D eigenvalue weighted by molar-refractivity contribution is -0.128. The van der Waals surface area contributed by atoms with Crippen molar-refractivity contribution >= 4 is 5.91 Å². The largest absolute Gasteiger partial charge is 0.336 e. The molecule has 0 aliphatic carbocycles. The minimum absolute atomic E-state index is 0.0440. The van der Waals surface area contributed by atoms with Gasteiger partial charge in [0.15, 0.2) is 0 Å². The second-order valence-electron chi connectivity index (χ2n) is 4.22. The van der Waals surface area contributed by atoms with Gasteiger partial charge in [-0.15, -0.1) is 0 Å². The molecule has 2 atom stereocenters. The van der Waals surface area contributed by atoms with Crippen LogP contribution < -0.4 is 5.73 Å². The summed E-state index contributed by atoms with van der Waals surface area (Å²) < 4.78 is 1.97. The first-order valence-electron chi connectivity index (χ1n) is 5.65. The Morgan fingerprint density at radius 3 is 2.88 bits per heavy atom. The Hall–Kier alpha value is -1.36. The first kappa shape index (κ1) is 11.1. The number of carbonyl (C=O) groups excluding carboxylic acids is 1. The highest BCUT2D eigenvalue weighted by molar-refractivity contribution is 5.79. The van der Waals surface area contributed by atoms with Gasteiger partial charge in [0.05, 0.1) is 6.04 Å². The van der Waals surface area contributed by atoms with Gasteiger partial charge in [-0.2, -0.15) is 0 Å². The summed E-state index contributed by atoms with van der Waals surface area (Å²) in [7, 11) is 1.95. The van der Waals surface area contributed by atoms with Gasteiger partial charge in [-0.05, 0) is 13.5 Å². The number of hydrogen-bond acceptors (Lipinski definition) is 3. The molecule has 5 nitrogen and oxygen atoms in total. The predicted octanol–water partition coefficient (Wildman–Crippen LogP) is 0.288. The fraction of sp³-hybridized carbons (Fsp3) is 0.636. The molecule has 0 aromatic carbocycles. The van der Waals surface area contributed by atoms with Crippen LogP contribution in [0.4, 0.5) is 0 Å². The molecule has 88 valence electrons. The van der Waals surface area contributed by atoms with Crippen molar-refractivity contribution in [3.8, 4) is 0 Å². The van der Waals surface area contributed by atoms with E-state index in [0.29, 0.717) is 19.5 Å². The zero-order valence-electron chi connectivity index (χ0n) is 9.76. The third-order valence-corrected chi connectivity index (χ3v) is 3.31. The van der Waals surface area contributed by atoms with Gasteiger partial charge in [-0.25, -0.2) is 4.98 Å². The van der Waals surface area contributed by atoms with Crippen LogP contribution >= 0.6 is 0 Å². The topological polar surface area (TPSA) is 64.2 Å². The number of nitrogens with two attached hydrogens (primary N) is 1. The average Bonchev–Trinajstić information content (AvgIpc) is 2.81. The molecule has 5 heteroatoms. The summed E-state index contributed by atoms with van der Waals surface area (Å²) in [6, 6.07) is 0.0440. The molecule has 1 amide bonds. The molecular weight excluding hydrogens is 204 g/mol. The molecule has 2 heterocycles. The molecule has 0 spiro atoms. The lowest BCUT2D eigenvalue weighted by atomic mass is 10.00. The molecule has 2 N–H and O–H groups in total. The third kappa shape index (κ3) is 1.61. The van der Waals surface area contributed by atoms with Gasteiger partial charge < -0.3 is 15.2 Å².